The van der Waals surface area contributed by atoms with E-state index in [0.29, 0.717) is 25.4 Å². The van der Waals surface area contributed by atoms with Crippen LogP contribution in [-0.2, 0) is 26.4 Å². The molecule has 156 valence electrons. The van der Waals surface area contributed by atoms with E-state index in [0.717, 1.165) is 55.7 Å². The minimum Gasteiger partial charge on any atom is -0.382 e. The van der Waals surface area contributed by atoms with Crippen molar-refractivity contribution in [1.82, 2.24) is 19.8 Å². The van der Waals surface area contributed by atoms with E-state index in [2.05, 4.69) is 33.9 Å². The maximum absolute atomic E-state index is 13.1. The van der Waals surface area contributed by atoms with Gasteiger partial charge in [0.2, 0.25) is 12.0 Å². The van der Waals surface area contributed by atoms with Gasteiger partial charge >= 0.3 is 0 Å². The lowest BCUT2D eigenvalue weighted by Gasteiger charge is -2.50. The molecule has 0 unspecified atom stereocenters. The molecule has 1 aromatic rings. The number of imidazole rings is 1. The van der Waals surface area contributed by atoms with Gasteiger partial charge in [-0.15, -0.1) is 0 Å². The van der Waals surface area contributed by atoms with Crippen molar-refractivity contribution < 1.29 is 14.4 Å². The number of likely N-dealkylation sites (tertiary alicyclic amines) is 1. The molecule has 4 heterocycles. The number of H-pyrrole nitrogens is 1. The summed E-state index contributed by atoms with van der Waals surface area (Å²) in [5.41, 5.74) is 2.71. The highest BCUT2D eigenvalue weighted by Gasteiger charge is 2.51. The van der Waals surface area contributed by atoms with E-state index in [4.69, 9.17) is 4.84 Å². The Morgan fingerprint density at radius 2 is 1.97 bits per heavy atom. The average Bonchev–Trinajstić information content (AvgIpc) is 3.25. The smallest absolute Gasteiger partial charge is 0.266 e. The maximum atomic E-state index is 13.1. The number of carbonyl (C=O) groups excluding carboxylic acids is 2. The van der Waals surface area contributed by atoms with Crippen molar-refractivity contribution in [2.75, 3.05) is 19.6 Å². The molecule has 1 N–H and O–H groups in total. The topological polar surface area (TPSA) is 90.9 Å². The zero-order valence-corrected chi connectivity index (χ0v) is 17.2. The Labute approximate surface area is 170 Å². The first kappa shape index (κ1) is 18.6. The Hall–Kier alpha value is -2.38. The Morgan fingerprint density at radius 3 is 2.62 bits per heavy atom. The summed E-state index contributed by atoms with van der Waals surface area (Å²) in [5, 5.41) is 4.10. The predicted octanol–water partition coefficient (Wildman–Crippen LogP) is 1.82. The summed E-state index contributed by atoms with van der Waals surface area (Å²) in [6.07, 6.45) is 6.09. The number of carbonyl (C=O) groups is 2. The fraction of sp³-hybridized carbons (Fsp3) is 0.714. The van der Waals surface area contributed by atoms with Gasteiger partial charge in [-0.1, -0.05) is 19.0 Å². The lowest BCUT2D eigenvalue weighted by atomic mass is 9.78. The number of oxime groups is 1. The van der Waals surface area contributed by atoms with Crippen molar-refractivity contribution in [1.29, 1.82) is 0 Å². The van der Waals surface area contributed by atoms with Gasteiger partial charge < -0.3 is 19.6 Å². The van der Waals surface area contributed by atoms with Crippen LogP contribution in [0.3, 0.4) is 0 Å². The molecule has 29 heavy (non-hydrogen) atoms. The van der Waals surface area contributed by atoms with Crippen LogP contribution in [0.5, 0.6) is 0 Å². The highest BCUT2D eigenvalue weighted by Crippen LogP contribution is 2.45. The van der Waals surface area contributed by atoms with Gasteiger partial charge in [0.1, 0.15) is 0 Å². The number of aromatic amines is 1. The molecule has 1 saturated carbocycles. The first-order valence-electron chi connectivity index (χ1n) is 10.8. The van der Waals surface area contributed by atoms with Crippen molar-refractivity contribution in [3.05, 3.63) is 17.7 Å². The molecule has 1 aliphatic carbocycles. The Bertz CT molecular complexity index is 848. The van der Waals surface area contributed by atoms with Gasteiger partial charge in [0.15, 0.2) is 0 Å². The van der Waals surface area contributed by atoms with E-state index in [9.17, 15) is 9.59 Å². The van der Waals surface area contributed by atoms with Crippen LogP contribution < -0.4 is 0 Å². The minimum atomic E-state index is -0.502. The third-order valence-corrected chi connectivity index (χ3v) is 6.99. The number of nitrogens with one attached hydrogen (secondary N) is 1. The quantitative estimate of drug-likeness (QED) is 0.839. The number of piperidine rings is 1. The first-order valence-corrected chi connectivity index (χ1v) is 10.8. The molecular weight excluding hydrogens is 370 g/mol. The average molecular weight is 399 g/mol. The van der Waals surface area contributed by atoms with E-state index in [1.165, 1.54) is 0 Å². The molecule has 2 amide bonds. The molecule has 8 nitrogen and oxygen atoms in total. The van der Waals surface area contributed by atoms with E-state index in [1.54, 1.807) is 6.33 Å². The van der Waals surface area contributed by atoms with Crippen LogP contribution >= 0.6 is 0 Å². The fourth-order valence-corrected chi connectivity index (χ4v) is 5.03. The zero-order valence-electron chi connectivity index (χ0n) is 17.2. The minimum absolute atomic E-state index is 0.0115. The van der Waals surface area contributed by atoms with Crippen LogP contribution in [0.25, 0.3) is 0 Å². The molecular formula is C21H29N5O3. The summed E-state index contributed by atoms with van der Waals surface area (Å²) in [7, 11) is 0. The Balaban J connectivity index is 1.32. The highest BCUT2D eigenvalue weighted by molar-refractivity contribution is 5.93. The van der Waals surface area contributed by atoms with Gasteiger partial charge in [0.25, 0.3) is 5.91 Å². The van der Waals surface area contributed by atoms with Crippen LogP contribution in [-0.4, -0.2) is 63.0 Å². The number of hydrogen-bond donors (Lipinski definition) is 1. The van der Waals surface area contributed by atoms with E-state index in [1.807, 2.05) is 4.90 Å². The number of nitrogens with zero attached hydrogens (tertiary/aromatic N) is 4. The van der Waals surface area contributed by atoms with Gasteiger partial charge in [-0.05, 0) is 31.6 Å². The molecule has 4 aliphatic rings. The molecule has 5 rings (SSSR count). The molecule has 0 bridgehead atoms. The molecule has 0 aromatic carbocycles. The lowest BCUT2D eigenvalue weighted by molar-refractivity contribution is -0.149. The van der Waals surface area contributed by atoms with E-state index >= 15 is 0 Å². The summed E-state index contributed by atoms with van der Waals surface area (Å²) < 4.78 is 0. The second-order valence-corrected chi connectivity index (χ2v) is 9.14. The van der Waals surface area contributed by atoms with Gasteiger partial charge in [0, 0.05) is 44.1 Å². The van der Waals surface area contributed by atoms with Crippen LogP contribution in [0, 0.1) is 11.8 Å². The van der Waals surface area contributed by atoms with E-state index in [-0.39, 0.29) is 23.3 Å². The zero-order chi connectivity index (χ0) is 20.2. The molecule has 1 saturated heterocycles. The number of amides is 2. The monoisotopic (exact) mass is 399 g/mol. The van der Waals surface area contributed by atoms with Crippen LogP contribution in [0.1, 0.15) is 57.3 Å². The number of fused-ring (bicyclic) bond motifs is 2. The van der Waals surface area contributed by atoms with Crippen LogP contribution in [0.15, 0.2) is 11.5 Å². The van der Waals surface area contributed by atoms with Crippen molar-refractivity contribution in [2.45, 2.75) is 64.0 Å². The summed E-state index contributed by atoms with van der Waals surface area (Å²) >= 11 is 0. The predicted molar refractivity (Wildman–Crippen MR) is 106 cm³/mol. The van der Waals surface area contributed by atoms with Crippen LogP contribution in [0.2, 0.25) is 0 Å². The highest BCUT2D eigenvalue weighted by atomic mass is 16.6. The molecule has 0 radical (unpaired) electrons. The van der Waals surface area contributed by atoms with Gasteiger partial charge in [0.05, 0.1) is 23.3 Å². The molecule has 1 atom stereocenters. The Kier molecular flexibility index (Phi) is 4.40. The molecule has 8 heteroatoms. The molecule has 1 aromatic heterocycles. The molecule has 3 aliphatic heterocycles. The van der Waals surface area contributed by atoms with Crippen molar-refractivity contribution in [3.63, 3.8) is 0 Å². The third-order valence-electron chi connectivity index (χ3n) is 6.99. The number of hydrogen-bond acceptors (Lipinski definition) is 5. The normalized spacial score (nSPS) is 25.8. The molecule has 2 fully saturated rings. The van der Waals surface area contributed by atoms with Crippen molar-refractivity contribution in [3.8, 4) is 0 Å². The second kappa shape index (κ2) is 6.85. The SMILES string of the molecule is CC(C)C1=NO[C@@H](C(=O)N2CCC3(CC2)c2nc[nH]c2CCN3C(=O)C2CC2)C1. The Morgan fingerprint density at radius 1 is 1.21 bits per heavy atom. The number of aromatic nitrogens is 2. The largest absolute Gasteiger partial charge is 0.382 e. The standard InChI is InChI=1S/C21H29N5O3/c1-13(2)16-11-17(29-24-16)20(28)25-9-6-21(7-10-25)18-15(22-12-23-18)5-8-26(21)19(27)14-3-4-14/h12-14,17H,3-11H2,1-2H3,(H,22,23)/t17-/m1/s1. The lowest BCUT2D eigenvalue weighted by Crippen LogP contribution is -2.59. The third kappa shape index (κ3) is 3.04. The van der Waals surface area contributed by atoms with Gasteiger partial charge in [-0.2, -0.15) is 0 Å². The molecule has 1 spiro atoms. The fourth-order valence-electron chi connectivity index (χ4n) is 5.03. The van der Waals surface area contributed by atoms with Crippen LogP contribution in [0.4, 0.5) is 0 Å². The number of rotatable bonds is 3. The van der Waals surface area contributed by atoms with E-state index < -0.39 is 6.10 Å². The van der Waals surface area contributed by atoms with Crippen molar-refractivity contribution in [2.24, 2.45) is 17.0 Å². The first-order chi connectivity index (χ1) is 14.0. The summed E-state index contributed by atoms with van der Waals surface area (Å²) in [6, 6.07) is 0. The maximum Gasteiger partial charge on any atom is 0.266 e. The van der Waals surface area contributed by atoms with Gasteiger partial charge in [-0.3, -0.25) is 9.59 Å². The summed E-state index contributed by atoms with van der Waals surface area (Å²) in [4.78, 5) is 43.4. The van der Waals surface area contributed by atoms with Crippen molar-refractivity contribution >= 4 is 17.5 Å². The summed E-state index contributed by atoms with van der Waals surface area (Å²) in [5.74, 6) is 0.759. The van der Waals surface area contributed by atoms with Gasteiger partial charge in [-0.25, -0.2) is 4.98 Å². The summed E-state index contributed by atoms with van der Waals surface area (Å²) in [6.45, 7) is 6.08. The second-order valence-electron chi connectivity index (χ2n) is 9.14.